The standard InChI is InChI=1S/C25H26N4O2/c26-15-17-9-12-23(27)22(13-17)25(31)29(21-7-2-1-3-8-21)16-24(30)28-20-11-10-18-5-4-6-19(18)14-20/h1-3,7-14H,4-6,15-16,26-27H2,(H,28,30). The van der Waals surface area contributed by atoms with Crippen molar-refractivity contribution < 1.29 is 9.59 Å². The zero-order chi connectivity index (χ0) is 21.8. The predicted molar refractivity (Wildman–Crippen MR) is 124 cm³/mol. The number of carbonyl (C=O) groups is 2. The highest BCUT2D eigenvalue weighted by Gasteiger charge is 2.23. The third-order valence-electron chi connectivity index (χ3n) is 5.58. The third kappa shape index (κ3) is 4.59. The van der Waals surface area contributed by atoms with Gasteiger partial charge in [0.1, 0.15) is 6.54 Å². The number of amides is 2. The summed E-state index contributed by atoms with van der Waals surface area (Å²) in [7, 11) is 0. The Labute approximate surface area is 181 Å². The van der Waals surface area contributed by atoms with Crippen LogP contribution in [0, 0.1) is 0 Å². The number of benzene rings is 3. The molecule has 0 heterocycles. The van der Waals surface area contributed by atoms with Crippen LogP contribution in [0.5, 0.6) is 0 Å². The van der Waals surface area contributed by atoms with E-state index in [1.54, 1.807) is 30.3 Å². The Morgan fingerprint density at radius 3 is 2.48 bits per heavy atom. The molecule has 0 aliphatic heterocycles. The van der Waals surface area contributed by atoms with Crippen molar-refractivity contribution in [1.82, 2.24) is 0 Å². The fourth-order valence-electron chi connectivity index (χ4n) is 3.94. The molecule has 0 atom stereocenters. The van der Waals surface area contributed by atoms with Crippen molar-refractivity contribution in [3.05, 3.63) is 89.0 Å². The summed E-state index contributed by atoms with van der Waals surface area (Å²) < 4.78 is 0. The maximum Gasteiger partial charge on any atom is 0.260 e. The molecule has 0 saturated heterocycles. The highest BCUT2D eigenvalue weighted by atomic mass is 16.2. The Morgan fingerprint density at radius 1 is 0.935 bits per heavy atom. The van der Waals surface area contributed by atoms with Gasteiger partial charge in [-0.1, -0.05) is 30.3 Å². The molecule has 3 aromatic carbocycles. The van der Waals surface area contributed by atoms with Gasteiger partial charge in [0.15, 0.2) is 0 Å². The van der Waals surface area contributed by atoms with Crippen molar-refractivity contribution in [3.8, 4) is 0 Å². The molecule has 0 saturated carbocycles. The van der Waals surface area contributed by atoms with Gasteiger partial charge >= 0.3 is 0 Å². The minimum Gasteiger partial charge on any atom is -0.398 e. The van der Waals surface area contributed by atoms with Gasteiger partial charge in [0.2, 0.25) is 5.91 Å². The Bertz CT molecular complexity index is 1110. The molecule has 0 aromatic heterocycles. The normalized spacial score (nSPS) is 12.3. The van der Waals surface area contributed by atoms with Gasteiger partial charge in [-0.3, -0.25) is 14.5 Å². The Hall–Kier alpha value is -3.64. The Morgan fingerprint density at radius 2 is 1.71 bits per heavy atom. The van der Waals surface area contributed by atoms with E-state index < -0.39 is 0 Å². The van der Waals surface area contributed by atoms with Crippen LogP contribution in [0.4, 0.5) is 17.1 Å². The van der Waals surface area contributed by atoms with Crippen LogP contribution < -0.4 is 21.7 Å². The molecule has 1 aliphatic carbocycles. The number of rotatable bonds is 6. The number of aryl methyl sites for hydroxylation is 2. The summed E-state index contributed by atoms with van der Waals surface area (Å²) in [4.78, 5) is 27.7. The molecule has 0 bridgehead atoms. The summed E-state index contributed by atoms with van der Waals surface area (Å²) in [5, 5.41) is 2.93. The van der Waals surface area contributed by atoms with Crippen molar-refractivity contribution in [3.63, 3.8) is 0 Å². The number of hydrogen-bond acceptors (Lipinski definition) is 4. The zero-order valence-corrected chi connectivity index (χ0v) is 17.3. The first-order valence-electron chi connectivity index (χ1n) is 10.4. The lowest BCUT2D eigenvalue weighted by Crippen LogP contribution is -2.38. The van der Waals surface area contributed by atoms with E-state index in [0.717, 1.165) is 30.5 Å². The highest BCUT2D eigenvalue weighted by molar-refractivity contribution is 6.12. The van der Waals surface area contributed by atoms with Gasteiger partial charge in [-0.15, -0.1) is 0 Å². The van der Waals surface area contributed by atoms with Gasteiger partial charge in [0.25, 0.3) is 5.91 Å². The molecule has 31 heavy (non-hydrogen) atoms. The molecule has 6 nitrogen and oxygen atoms in total. The van der Waals surface area contributed by atoms with Gasteiger partial charge in [0, 0.05) is 23.6 Å². The lowest BCUT2D eigenvalue weighted by molar-refractivity contribution is -0.114. The van der Waals surface area contributed by atoms with Crippen molar-refractivity contribution in [2.75, 3.05) is 22.5 Å². The van der Waals surface area contributed by atoms with Gasteiger partial charge in [-0.05, 0) is 72.4 Å². The van der Waals surface area contributed by atoms with E-state index in [2.05, 4.69) is 11.4 Å². The lowest BCUT2D eigenvalue weighted by Gasteiger charge is -2.23. The van der Waals surface area contributed by atoms with Crippen LogP contribution in [-0.4, -0.2) is 18.4 Å². The van der Waals surface area contributed by atoms with Crippen LogP contribution in [0.2, 0.25) is 0 Å². The number of para-hydroxylation sites is 1. The van der Waals surface area contributed by atoms with Gasteiger partial charge < -0.3 is 16.8 Å². The number of nitrogens with zero attached hydrogens (tertiary/aromatic N) is 1. The first-order valence-corrected chi connectivity index (χ1v) is 10.4. The predicted octanol–water partition coefficient (Wildman–Crippen LogP) is 3.50. The monoisotopic (exact) mass is 414 g/mol. The van der Waals surface area contributed by atoms with E-state index >= 15 is 0 Å². The Kier molecular flexibility index (Phi) is 6.00. The summed E-state index contributed by atoms with van der Waals surface area (Å²) in [6.07, 6.45) is 3.26. The van der Waals surface area contributed by atoms with Crippen LogP contribution in [0.1, 0.15) is 33.5 Å². The molecule has 0 fully saturated rings. The van der Waals surface area contributed by atoms with Gasteiger partial charge in [-0.25, -0.2) is 0 Å². The molecule has 5 N–H and O–H groups in total. The van der Waals surface area contributed by atoms with E-state index in [9.17, 15) is 9.59 Å². The minimum atomic E-state index is -0.344. The van der Waals surface area contributed by atoms with E-state index in [4.69, 9.17) is 11.5 Å². The zero-order valence-electron chi connectivity index (χ0n) is 17.3. The number of fused-ring (bicyclic) bond motifs is 1. The quantitative estimate of drug-likeness (QED) is 0.537. The number of nitrogens with two attached hydrogens (primary N) is 2. The average Bonchev–Trinajstić information content (AvgIpc) is 3.26. The van der Waals surface area contributed by atoms with Crippen molar-refractivity contribution in [2.45, 2.75) is 25.8 Å². The second kappa shape index (κ2) is 9.02. The molecule has 2 amide bonds. The van der Waals surface area contributed by atoms with Crippen molar-refractivity contribution in [1.29, 1.82) is 0 Å². The van der Waals surface area contributed by atoms with Crippen LogP contribution in [0.25, 0.3) is 0 Å². The van der Waals surface area contributed by atoms with Crippen LogP contribution >= 0.6 is 0 Å². The third-order valence-corrected chi connectivity index (χ3v) is 5.58. The fraction of sp³-hybridized carbons (Fsp3) is 0.200. The van der Waals surface area contributed by atoms with Crippen LogP contribution in [0.15, 0.2) is 66.7 Å². The largest absolute Gasteiger partial charge is 0.398 e. The average molecular weight is 415 g/mol. The molecule has 6 heteroatoms. The number of hydrogen-bond donors (Lipinski definition) is 3. The minimum absolute atomic E-state index is 0.133. The van der Waals surface area contributed by atoms with E-state index in [1.165, 1.54) is 16.0 Å². The SMILES string of the molecule is NCc1ccc(N)c(C(=O)N(CC(=O)Nc2ccc3c(c2)CCC3)c2ccccc2)c1. The number of carbonyl (C=O) groups excluding carboxylic acids is 2. The molecule has 158 valence electrons. The number of anilines is 3. The molecule has 4 rings (SSSR count). The van der Waals surface area contributed by atoms with E-state index in [0.29, 0.717) is 23.5 Å². The summed E-state index contributed by atoms with van der Waals surface area (Å²) in [5.41, 5.74) is 17.3. The van der Waals surface area contributed by atoms with E-state index in [1.807, 2.05) is 30.3 Å². The highest BCUT2D eigenvalue weighted by Crippen LogP contribution is 2.25. The van der Waals surface area contributed by atoms with Crippen LogP contribution in [-0.2, 0) is 24.2 Å². The second-order valence-corrected chi connectivity index (χ2v) is 7.74. The molecule has 0 radical (unpaired) electrons. The lowest BCUT2D eigenvalue weighted by atomic mass is 10.1. The molecule has 0 unspecified atom stereocenters. The number of nitrogens with one attached hydrogen (secondary N) is 1. The first-order chi connectivity index (χ1) is 15.0. The summed E-state index contributed by atoms with van der Waals surface area (Å²) >= 11 is 0. The van der Waals surface area contributed by atoms with Gasteiger partial charge in [0.05, 0.1) is 5.56 Å². The van der Waals surface area contributed by atoms with Gasteiger partial charge in [-0.2, -0.15) is 0 Å². The molecule has 0 spiro atoms. The topological polar surface area (TPSA) is 101 Å². The molecule has 1 aliphatic rings. The summed E-state index contributed by atoms with van der Waals surface area (Å²) in [6.45, 7) is 0.164. The van der Waals surface area contributed by atoms with E-state index in [-0.39, 0.29) is 18.4 Å². The fourth-order valence-corrected chi connectivity index (χ4v) is 3.94. The maximum absolute atomic E-state index is 13.4. The summed E-state index contributed by atoms with van der Waals surface area (Å²) in [6, 6.07) is 20.3. The molecular weight excluding hydrogens is 388 g/mol. The molecule has 3 aromatic rings. The summed E-state index contributed by atoms with van der Waals surface area (Å²) in [5.74, 6) is -0.619. The number of nitrogen functional groups attached to an aromatic ring is 1. The smallest absolute Gasteiger partial charge is 0.260 e. The van der Waals surface area contributed by atoms with Crippen molar-refractivity contribution >= 4 is 28.9 Å². The van der Waals surface area contributed by atoms with Crippen molar-refractivity contribution in [2.24, 2.45) is 5.73 Å². The molecular formula is C25H26N4O2. The maximum atomic E-state index is 13.4. The van der Waals surface area contributed by atoms with Crippen LogP contribution in [0.3, 0.4) is 0 Å². The second-order valence-electron chi connectivity index (χ2n) is 7.74. The first kappa shape index (κ1) is 20.6. The Balaban J connectivity index is 1.58.